The molecule has 0 fully saturated rings. The number of furan rings is 1. The molecule has 2 rings (SSSR count). The minimum absolute atomic E-state index is 0.00114. The van der Waals surface area contributed by atoms with Crippen molar-refractivity contribution in [2.24, 2.45) is 9.98 Å². The molecule has 0 bridgehead atoms. The first kappa shape index (κ1) is 19.2. The Hall–Kier alpha value is -0.100. The van der Waals surface area contributed by atoms with E-state index in [9.17, 15) is 0 Å². The van der Waals surface area contributed by atoms with Crippen molar-refractivity contribution < 1.29 is 4.42 Å². The summed E-state index contributed by atoms with van der Waals surface area (Å²) in [5.74, 6) is 1.01. The molecule has 0 aromatic carbocycles. The summed E-state index contributed by atoms with van der Waals surface area (Å²) in [5.41, 5.74) is 1.10. The minimum Gasteiger partial charge on any atom is -0.469 e. The molecule has 10 heteroatoms. The average molecular weight is 438 g/mol. The molecule has 126 valence electrons. The number of aliphatic imine (C=N–C) groups is 2. The lowest BCUT2D eigenvalue weighted by atomic mass is 10.2. The SMILES string of the molecule is CCc1coc(CC=C2N=C(C(Cl)(Cl)Cl)N=C(C(Cl)(Cl)Cl)N2)c1. The van der Waals surface area contributed by atoms with Gasteiger partial charge in [-0.05, 0) is 24.1 Å². The molecule has 0 spiro atoms. The topological polar surface area (TPSA) is 49.9 Å². The summed E-state index contributed by atoms with van der Waals surface area (Å²) in [4.78, 5) is 8.07. The molecule has 0 amide bonds. The van der Waals surface area contributed by atoms with E-state index in [1.807, 2.05) is 13.0 Å². The largest absolute Gasteiger partial charge is 0.469 e. The molecule has 0 radical (unpaired) electrons. The van der Waals surface area contributed by atoms with E-state index >= 15 is 0 Å². The van der Waals surface area contributed by atoms with Crippen LogP contribution in [0.25, 0.3) is 0 Å². The van der Waals surface area contributed by atoms with Crippen LogP contribution in [0.5, 0.6) is 0 Å². The number of aryl methyl sites for hydroxylation is 1. The molecule has 0 aliphatic carbocycles. The lowest BCUT2D eigenvalue weighted by molar-refractivity contribution is 0.520. The van der Waals surface area contributed by atoms with Crippen LogP contribution >= 0.6 is 69.6 Å². The Morgan fingerprint density at radius 2 is 1.83 bits per heavy atom. The van der Waals surface area contributed by atoms with Crippen molar-refractivity contribution in [3.05, 3.63) is 35.6 Å². The summed E-state index contributed by atoms with van der Waals surface area (Å²) in [6.07, 6.45) is 4.77. The summed E-state index contributed by atoms with van der Waals surface area (Å²) in [5, 5.41) is 2.80. The second kappa shape index (κ2) is 7.42. The van der Waals surface area contributed by atoms with Gasteiger partial charge >= 0.3 is 0 Å². The molecule has 4 nitrogen and oxygen atoms in total. The monoisotopic (exact) mass is 435 g/mol. The van der Waals surface area contributed by atoms with Crippen molar-refractivity contribution in [3.63, 3.8) is 0 Å². The highest BCUT2D eigenvalue weighted by Gasteiger charge is 2.36. The van der Waals surface area contributed by atoms with Gasteiger partial charge in [0.2, 0.25) is 7.59 Å². The van der Waals surface area contributed by atoms with E-state index in [1.165, 1.54) is 0 Å². The van der Waals surface area contributed by atoms with E-state index in [1.54, 1.807) is 12.3 Å². The maximum Gasteiger partial charge on any atom is 0.250 e. The van der Waals surface area contributed by atoms with Crippen LogP contribution in [0, 0.1) is 0 Å². The number of nitrogens with zero attached hydrogens (tertiary/aromatic N) is 2. The number of alkyl halides is 6. The van der Waals surface area contributed by atoms with Gasteiger partial charge in [0, 0.05) is 6.42 Å². The Morgan fingerprint density at radius 3 is 2.35 bits per heavy atom. The smallest absolute Gasteiger partial charge is 0.250 e. The van der Waals surface area contributed by atoms with Gasteiger partial charge in [0.25, 0.3) is 0 Å². The molecule has 1 N–H and O–H groups in total. The summed E-state index contributed by atoms with van der Waals surface area (Å²) >= 11 is 35.0. The van der Waals surface area contributed by atoms with Crippen molar-refractivity contribution in [1.29, 1.82) is 0 Å². The second-order valence-electron chi connectivity index (χ2n) is 4.58. The normalized spacial score (nSPS) is 17.8. The van der Waals surface area contributed by atoms with Gasteiger partial charge in [0.1, 0.15) is 11.6 Å². The lowest BCUT2D eigenvalue weighted by Crippen LogP contribution is -2.39. The van der Waals surface area contributed by atoms with E-state index in [4.69, 9.17) is 74.0 Å². The van der Waals surface area contributed by atoms with Crippen LogP contribution in [0.3, 0.4) is 0 Å². The van der Waals surface area contributed by atoms with Crippen molar-refractivity contribution in [1.82, 2.24) is 5.32 Å². The highest BCUT2D eigenvalue weighted by molar-refractivity contribution is 6.79. The number of nitrogens with one attached hydrogen (secondary N) is 1. The molecular weight excluding hydrogens is 427 g/mol. The van der Waals surface area contributed by atoms with Crippen LogP contribution in [0.2, 0.25) is 0 Å². The minimum atomic E-state index is -1.84. The number of rotatable bonds is 3. The summed E-state index contributed by atoms with van der Waals surface area (Å²) in [7, 11) is 0. The number of hydrogen-bond acceptors (Lipinski definition) is 4. The zero-order chi connectivity index (χ0) is 17.3. The van der Waals surface area contributed by atoms with Crippen LogP contribution < -0.4 is 5.32 Å². The molecule has 0 unspecified atom stereocenters. The third kappa shape index (κ3) is 5.45. The summed E-state index contributed by atoms with van der Waals surface area (Å²) < 4.78 is 1.77. The van der Waals surface area contributed by atoms with Crippen LogP contribution in [0.15, 0.2) is 38.6 Å². The molecule has 23 heavy (non-hydrogen) atoms. The standard InChI is InChI=1S/C13H11Cl6N3O/c1-2-7-5-8(23-6-7)3-4-9-20-10(12(14,15)16)22-11(21-9)13(17,18)19/h4-6H,2-3H2,1H3,(H,20,21,22). The highest BCUT2D eigenvalue weighted by atomic mass is 35.6. The van der Waals surface area contributed by atoms with E-state index in [0.717, 1.165) is 17.7 Å². The molecule has 1 aromatic rings. The highest BCUT2D eigenvalue weighted by Crippen LogP contribution is 2.34. The molecule has 0 atom stereocenters. The number of allylic oxidation sites excluding steroid dienone is 1. The third-order valence-corrected chi connectivity index (χ3v) is 3.87. The van der Waals surface area contributed by atoms with Gasteiger partial charge in [-0.1, -0.05) is 76.5 Å². The van der Waals surface area contributed by atoms with Crippen LogP contribution in [-0.2, 0) is 12.8 Å². The Labute approximate surface area is 163 Å². The van der Waals surface area contributed by atoms with E-state index in [0.29, 0.717) is 12.2 Å². The van der Waals surface area contributed by atoms with Gasteiger partial charge in [-0.3, -0.25) is 0 Å². The number of halogens is 6. The van der Waals surface area contributed by atoms with Gasteiger partial charge in [-0.2, -0.15) is 0 Å². The third-order valence-electron chi connectivity index (χ3n) is 2.83. The lowest BCUT2D eigenvalue weighted by Gasteiger charge is -2.23. The Bertz CT molecular complexity index is 666. The molecule has 0 saturated carbocycles. The van der Waals surface area contributed by atoms with E-state index in [-0.39, 0.29) is 11.7 Å². The number of amidine groups is 2. The first-order valence-corrected chi connectivity index (χ1v) is 8.71. The predicted molar refractivity (Wildman–Crippen MR) is 98.5 cm³/mol. The Balaban J connectivity index is 2.26. The van der Waals surface area contributed by atoms with Gasteiger partial charge in [0.05, 0.1) is 6.26 Å². The van der Waals surface area contributed by atoms with Crippen molar-refractivity contribution in [3.8, 4) is 0 Å². The quantitative estimate of drug-likeness (QED) is 0.646. The maximum atomic E-state index is 5.84. The molecule has 0 saturated heterocycles. The molecule has 2 heterocycles. The average Bonchev–Trinajstić information content (AvgIpc) is 2.91. The zero-order valence-electron chi connectivity index (χ0n) is 11.7. The Kier molecular flexibility index (Phi) is 6.21. The molecular formula is C13H11Cl6N3O. The van der Waals surface area contributed by atoms with Crippen molar-refractivity contribution in [2.45, 2.75) is 27.4 Å². The van der Waals surface area contributed by atoms with Gasteiger partial charge in [-0.15, -0.1) is 0 Å². The van der Waals surface area contributed by atoms with Crippen molar-refractivity contribution >= 4 is 81.3 Å². The van der Waals surface area contributed by atoms with Crippen LogP contribution in [0.1, 0.15) is 18.2 Å². The van der Waals surface area contributed by atoms with Gasteiger partial charge < -0.3 is 9.73 Å². The first-order valence-electron chi connectivity index (χ1n) is 6.45. The summed E-state index contributed by atoms with van der Waals surface area (Å²) in [6, 6.07) is 1.95. The molecule has 1 aromatic heterocycles. The van der Waals surface area contributed by atoms with E-state index in [2.05, 4.69) is 15.3 Å². The number of hydrogen-bond donors (Lipinski definition) is 1. The first-order chi connectivity index (χ1) is 10.6. The zero-order valence-corrected chi connectivity index (χ0v) is 16.3. The maximum absolute atomic E-state index is 5.84. The fourth-order valence-electron chi connectivity index (χ4n) is 1.70. The van der Waals surface area contributed by atoms with Gasteiger partial charge in [0.15, 0.2) is 11.7 Å². The van der Waals surface area contributed by atoms with E-state index < -0.39 is 7.59 Å². The summed E-state index contributed by atoms with van der Waals surface area (Å²) in [6.45, 7) is 2.04. The second-order valence-corrected chi connectivity index (χ2v) is 9.15. The van der Waals surface area contributed by atoms with Crippen LogP contribution in [-0.4, -0.2) is 19.3 Å². The van der Waals surface area contributed by atoms with Gasteiger partial charge in [-0.25, -0.2) is 9.98 Å². The fraction of sp³-hybridized carbons (Fsp3) is 0.385. The predicted octanol–water partition coefficient (Wildman–Crippen LogP) is 5.37. The Morgan fingerprint density at radius 1 is 1.13 bits per heavy atom. The fourth-order valence-corrected chi connectivity index (χ4v) is 2.22. The molecule has 1 aliphatic rings. The van der Waals surface area contributed by atoms with Crippen LogP contribution in [0.4, 0.5) is 0 Å². The molecule has 1 aliphatic heterocycles. The van der Waals surface area contributed by atoms with Crippen molar-refractivity contribution in [2.75, 3.05) is 0 Å².